The number of piperidine rings is 1. The fourth-order valence-electron chi connectivity index (χ4n) is 2.96. The summed E-state index contributed by atoms with van der Waals surface area (Å²) in [6.45, 7) is 3.81. The van der Waals surface area contributed by atoms with Gasteiger partial charge in [0.1, 0.15) is 5.02 Å². The van der Waals surface area contributed by atoms with Crippen LogP contribution in [0.25, 0.3) is 0 Å². The maximum Gasteiger partial charge on any atom is 0.287 e. The number of hydrogen-bond acceptors (Lipinski definition) is 4. The summed E-state index contributed by atoms with van der Waals surface area (Å²) in [6, 6.07) is 8.86. The first-order valence-electron chi connectivity index (χ1n) is 7.84. The van der Waals surface area contributed by atoms with Gasteiger partial charge in [0.25, 0.3) is 5.56 Å². The highest BCUT2D eigenvalue weighted by Crippen LogP contribution is 2.25. The molecule has 1 fully saturated rings. The largest absolute Gasteiger partial charge is 0.382 e. The maximum atomic E-state index is 11.9. The van der Waals surface area contributed by atoms with Gasteiger partial charge in [-0.25, -0.2) is 4.68 Å². The number of hydrogen-bond donors (Lipinski definition) is 1. The van der Waals surface area contributed by atoms with Gasteiger partial charge in [-0.1, -0.05) is 23.7 Å². The van der Waals surface area contributed by atoms with E-state index >= 15 is 0 Å². The number of benzene rings is 1. The standard InChI is InChI=1S/C17H21ClN4O/c1-12-4-3-5-14(10-12)20-13-6-8-22(9-7-13)15-11-19-21(2)17(23)16(15)18/h3-5,10-11,13,20H,6-9H2,1-2H3. The summed E-state index contributed by atoms with van der Waals surface area (Å²) < 4.78 is 1.26. The molecule has 0 radical (unpaired) electrons. The monoisotopic (exact) mass is 332 g/mol. The smallest absolute Gasteiger partial charge is 0.287 e. The Labute approximate surface area is 140 Å². The van der Waals surface area contributed by atoms with Crippen LogP contribution in [0.4, 0.5) is 11.4 Å². The van der Waals surface area contributed by atoms with Gasteiger partial charge in [-0.2, -0.15) is 5.10 Å². The van der Waals surface area contributed by atoms with Crippen LogP contribution in [0.2, 0.25) is 5.02 Å². The summed E-state index contributed by atoms with van der Waals surface area (Å²) in [4.78, 5) is 14.0. The molecule has 5 nitrogen and oxygen atoms in total. The third-order valence-corrected chi connectivity index (χ3v) is 4.64. The molecule has 0 saturated carbocycles. The molecule has 0 bridgehead atoms. The SMILES string of the molecule is Cc1cccc(NC2CCN(c3cnn(C)c(=O)c3Cl)CC2)c1. The second-order valence-electron chi connectivity index (χ2n) is 6.05. The van der Waals surface area contributed by atoms with E-state index in [2.05, 4.69) is 46.5 Å². The molecule has 6 heteroatoms. The van der Waals surface area contributed by atoms with Crippen LogP contribution in [0, 0.1) is 6.92 Å². The van der Waals surface area contributed by atoms with Crippen molar-refractivity contribution in [3.8, 4) is 0 Å². The Morgan fingerprint density at radius 2 is 2.04 bits per heavy atom. The van der Waals surface area contributed by atoms with Crippen LogP contribution in [-0.4, -0.2) is 28.9 Å². The van der Waals surface area contributed by atoms with Crippen LogP contribution in [-0.2, 0) is 7.05 Å². The van der Waals surface area contributed by atoms with Crippen LogP contribution in [0.1, 0.15) is 18.4 Å². The number of rotatable bonds is 3. The predicted octanol–water partition coefficient (Wildman–Crippen LogP) is 2.82. The van der Waals surface area contributed by atoms with E-state index in [0.717, 1.165) is 37.3 Å². The zero-order valence-electron chi connectivity index (χ0n) is 13.4. The van der Waals surface area contributed by atoms with Crippen molar-refractivity contribution in [3.63, 3.8) is 0 Å². The lowest BCUT2D eigenvalue weighted by Gasteiger charge is -2.34. The van der Waals surface area contributed by atoms with Crippen molar-refractivity contribution in [2.24, 2.45) is 7.05 Å². The van der Waals surface area contributed by atoms with E-state index in [1.807, 2.05) is 0 Å². The lowest BCUT2D eigenvalue weighted by atomic mass is 10.0. The molecule has 122 valence electrons. The highest BCUT2D eigenvalue weighted by molar-refractivity contribution is 6.33. The second kappa shape index (κ2) is 6.62. The summed E-state index contributed by atoms with van der Waals surface area (Å²) in [5.41, 5.74) is 2.91. The van der Waals surface area contributed by atoms with Gasteiger partial charge in [-0.15, -0.1) is 0 Å². The Hall–Kier alpha value is -2.01. The Morgan fingerprint density at radius 1 is 1.30 bits per heavy atom. The van der Waals surface area contributed by atoms with E-state index in [9.17, 15) is 4.79 Å². The normalized spacial score (nSPS) is 15.7. The molecule has 1 aromatic heterocycles. The third kappa shape index (κ3) is 3.50. The molecular weight excluding hydrogens is 312 g/mol. The van der Waals surface area contributed by atoms with Crippen molar-refractivity contribution in [3.05, 3.63) is 51.4 Å². The third-order valence-electron chi connectivity index (χ3n) is 4.28. The van der Waals surface area contributed by atoms with E-state index in [-0.39, 0.29) is 10.6 Å². The molecule has 0 aliphatic carbocycles. The molecule has 1 N–H and O–H groups in total. The molecule has 0 atom stereocenters. The minimum Gasteiger partial charge on any atom is -0.382 e. The molecule has 0 amide bonds. The van der Waals surface area contributed by atoms with Gasteiger partial charge in [-0.3, -0.25) is 4.79 Å². The number of anilines is 2. The Bertz CT molecular complexity index is 750. The van der Waals surface area contributed by atoms with Crippen molar-refractivity contribution < 1.29 is 0 Å². The predicted molar refractivity (Wildman–Crippen MR) is 94.5 cm³/mol. The Morgan fingerprint density at radius 3 is 2.74 bits per heavy atom. The van der Waals surface area contributed by atoms with Crippen molar-refractivity contribution in [1.29, 1.82) is 0 Å². The van der Waals surface area contributed by atoms with E-state index in [1.165, 1.54) is 10.2 Å². The van der Waals surface area contributed by atoms with Gasteiger partial charge < -0.3 is 10.2 Å². The first kappa shape index (κ1) is 15.9. The number of aryl methyl sites for hydroxylation is 2. The lowest BCUT2D eigenvalue weighted by Crippen LogP contribution is -2.40. The maximum absolute atomic E-state index is 11.9. The van der Waals surface area contributed by atoms with Gasteiger partial charge in [0.15, 0.2) is 0 Å². The minimum atomic E-state index is -0.246. The molecule has 1 aliphatic heterocycles. The number of nitrogens with zero attached hydrogens (tertiary/aromatic N) is 3. The van der Waals surface area contributed by atoms with Crippen LogP contribution >= 0.6 is 11.6 Å². The summed E-state index contributed by atoms with van der Waals surface area (Å²) in [5.74, 6) is 0. The van der Waals surface area contributed by atoms with Crippen molar-refractivity contribution in [2.45, 2.75) is 25.8 Å². The molecule has 23 heavy (non-hydrogen) atoms. The molecule has 2 heterocycles. The van der Waals surface area contributed by atoms with Gasteiger partial charge in [0.2, 0.25) is 0 Å². The first-order valence-corrected chi connectivity index (χ1v) is 8.22. The molecule has 0 spiro atoms. The van der Waals surface area contributed by atoms with E-state index < -0.39 is 0 Å². The van der Waals surface area contributed by atoms with Crippen molar-refractivity contribution in [2.75, 3.05) is 23.3 Å². The first-order chi connectivity index (χ1) is 11.0. The Kier molecular flexibility index (Phi) is 4.57. The molecule has 1 aromatic carbocycles. The average Bonchev–Trinajstić information content (AvgIpc) is 2.54. The average molecular weight is 333 g/mol. The van der Waals surface area contributed by atoms with Crippen LogP contribution < -0.4 is 15.8 Å². The number of nitrogens with one attached hydrogen (secondary N) is 1. The fourth-order valence-corrected chi connectivity index (χ4v) is 3.25. The van der Waals surface area contributed by atoms with Gasteiger partial charge in [0, 0.05) is 31.9 Å². The summed E-state index contributed by atoms with van der Waals surface area (Å²) in [5, 5.41) is 7.92. The minimum absolute atomic E-state index is 0.246. The van der Waals surface area contributed by atoms with E-state index in [0.29, 0.717) is 6.04 Å². The molecule has 0 unspecified atom stereocenters. The van der Waals surface area contributed by atoms with E-state index in [1.54, 1.807) is 13.2 Å². The highest BCUT2D eigenvalue weighted by Gasteiger charge is 2.22. The zero-order valence-corrected chi connectivity index (χ0v) is 14.2. The zero-order chi connectivity index (χ0) is 16.4. The van der Waals surface area contributed by atoms with Crippen molar-refractivity contribution in [1.82, 2.24) is 9.78 Å². The fraction of sp³-hybridized carbons (Fsp3) is 0.412. The lowest BCUT2D eigenvalue weighted by molar-refractivity contribution is 0.525. The molecule has 1 aliphatic rings. The van der Waals surface area contributed by atoms with Crippen LogP contribution in [0.15, 0.2) is 35.3 Å². The molecule has 2 aromatic rings. The number of aromatic nitrogens is 2. The van der Waals surface area contributed by atoms with Crippen molar-refractivity contribution >= 4 is 23.0 Å². The summed E-state index contributed by atoms with van der Waals surface area (Å²) >= 11 is 6.18. The molecular formula is C17H21ClN4O. The Balaban J connectivity index is 1.65. The van der Waals surface area contributed by atoms with Gasteiger partial charge in [0.05, 0.1) is 11.9 Å². The van der Waals surface area contributed by atoms with Gasteiger partial charge >= 0.3 is 0 Å². The topological polar surface area (TPSA) is 50.2 Å². The quantitative estimate of drug-likeness (QED) is 0.939. The second-order valence-corrected chi connectivity index (χ2v) is 6.43. The van der Waals surface area contributed by atoms with E-state index in [4.69, 9.17) is 11.6 Å². The van der Waals surface area contributed by atoms with Crippen LogP contribution in [0.5, 0.6) is 0 Å². The number of halogens is 1. The summed E-state index contributed by atoms with van der Waals surface area (Å²) in [7, 11) is 1.61. The molecule has 1 saturated heterocycles. The highest BCUT2D eigenvalue weighted by atomic mass is 35.5. The summed E-state index contributed by atoms with van der Waals surface area (Å²) in [6.07, 6.45) is 3.68. The molecule has 3 rings (SSSR count). The van der Waals surface area contributed by atoms with Crippen LogP contribution in [0.3, 0.4) is 0 Å². The van der Waals surface area contributed by atoms with Gasteiger partial charge in [-0.05, 0) is 37.5 Å².